The summed E-state index contributed by atoms with van der Waals surface area (Å²) in [5.74, 6) is -1.11. The lowest BCUT2D eigenvalue weighted by atomic mass is 10.1. The van der Waals surface area contributed by atoms with Crippen molar-refractivity contribution >= 4 is 23.3 Å². The van der Waals surface area contributed by atoms with Crippen molar-refractivity contribution in [3.05, 3.63) is 52.0 Å². The fourth-order valence-electron chi connectivity index (χ4n) is 1.76. The van der Waals surface area contributed by atoms with Crippen LogP contribution in [0, 0.1) is 6.92 Å². The third kappa shape index (κ3) is 4.28. The SMILES string of the molecule is Cc1csc(CNC(=O)NC(C(=O)O)c2ccccc2)n1. The maximum Gasteiger partial charge on any atom is 0.330 e. The average molecular weight is 305 g/mol. The Bertz CT molecular complexity index is 627. The number of hydrogen-bond acceptors (Lipinski definition) is 4. The summed E-state index contributed by atoms with van der Waals surface area (Å²) in [4.78, 5) is 27.3. The summed E-state index contributed by atoms with van der Waals surface area (Å²) in [6, 6.07) is 6.93. The van der Waals surface area contributed by atoms with Crippen LogP contribution in [0.15, 0.2) is 35.7 Å². The zero-order valence-electron chi connectivity index (χ0n) is 11.4. The number of thiazole rings is 1. The van der Waals surface area contributed by atoms with E-state index in [0.29, 0.717) is 5.56 Å². The number of aliphatic carboxylic acids is 1. The number of amides is 2. The molecule has 2 rings (SSSR count). The number of carboxylic acids is 1. The molecular formula is C14H15N3O3S. The number of carbonyl (C=O) groups excluding carboxylic acids is 1. The minimum atomic E-state index is -1.11. The van der Waals surface area contributed by atoms with Crippen LogP contribution in [-0.4, -0.2) is 22.1 Å². The largest absolute Gasteiger partial charge is 0.479 e. The van der Waals surface area contributed by atoms with Crippen molar-refractivity contribution in [3.63, 3.8) is 0 Å². The highest BCUT2D eigenvalue weighted by atomic mass is 32.1. The molecule has 0 radical (unpaired) electrons. The summed E-state index contributed by atoms with van der Waals surface area (Å²) in [5.41, 5.74) is 1.41. The van der Waals surface area contributed by atoms with Crippen LogP contribution in [0.2, 0.25) is 0 Å². The minimum Gasteiger partial charge on any atom is -0.479 e. The molecule has 0 bridgehead atoms. The molecule has 21 heavy (non-hydrogen) atoms. The number of carbonyl (C=O) groups is 2. The van der Waals surface area contributed by atoms with Gasteiger partial charge in [-0.15, -0.1) is 11.3 Å². The molecule has 3 N–H and O–H groups in total. The van der Waals surface area contributed by atoms with Gasteiger partial charge in [0.25, 0.3) is 0 Å². The van der Waals surface area contributed by atoms with Gasteiger partial charge in [0, 0.05) is 11.1 Å². The number of rotatable bonds is 5. The van der Waals surface area contributed by atoms with Crippen LogP contribution in [0.1, 0.15) is 22.3 Å². The van der Waals surface area contributed by atoms with E-state index < -0.39 is 18.0 Å². The Kier molecular flexibility index (Phi) is 4.89. The van der Waals surface area contributed by atoms with Gasteiger partial charge >= 0.3 is 12.0 Å². The van der Waals surface area contributed by atoms with E-state index in [2.05, 4.69) is 15.6 Å². The van der Waals surface area contributed by atoms with Crippen molar-refractivity contribution in [2.75, 3.05) is 0 Å². The second-order valence-electron chi connectivity index (χ2n) is 4.39. The van der Waals surface area contributed by atoms with E-state index in [9.17, 15) is 14.7 Å². The van der Waals surface area contributed by atoms with Gasteiger partial charge in [-0.3, -0.25) is 0 Å². The van der Waals surface area contributed by atoms with E-state index in [4.69, 9.17) is 0 Å². The normalized spacial score (nSPS) is 11.7. The lowest BCUT2D eigenvalue weighted by Crippen LogP contribution is -2.40. The number of hydrogen-bond donors (Lipinski definition) is 3. The lowest BCUT2D eigenvalue weighted by Gasteiger charge is -2.15. The standard InChI is InChI=1S/C14H15N3O3S/c1-9-8-21-11(16-9)7-15-14(20)17-12(13(18)19)10-5-3-2-4-6-10/h2-6,8,12H,7H2,1H3,(H,18,19)(H2,15,17,20). The smallest absolute Gasteiger partial charge is 0.330 e. The second-order valence-corrected chi connectivity index (χ2v) is 5.33. The van der Waals surface area contributed by atoms with Gasteiger partial charge in [-0.25, -0.2) is 14.6 Å². The number of benzene rings is 1. The van der Waals surface area contributed by atoms with Crippen LogP contribution in [0.4, 0.5) is 4.79 Å². The monoisotopic (exact) mass is 305 g/mol. The van der Waals surface area contributed by atoms with E-state index >= 15 is 0 Å². The fraction of sp³-hybridized carbons (Fsp3) is 0.214. The van der Waals surface area contributed by atoms with Gasteiger partial charge < -0.3 is 15.7 Å². The minimum absolute atomic E-state index is 0.269. The number of aryl methyl sites for hydroxylation is 1. The Morgan fingerprint density at radius 1 is 1.33 bits per heavy atom. The topological polar surface area (TPSA) is 91.3 Å². The Balaban J connectivity index is 1.94. The summed E-state index contributed by atoms with van der Waals surface area (Å²) < 4.78 is 0. The number of nitrogens with one attached hydrogen (secondary N) is 2. The van der Waals surface area contributed by atoms with Gasteiger partial charge in [0.2, 0.25) is 0 Å². The molecule has 0 aliphatic rings. The summed E-state index contributed by atoms with van der Waals surface area (Å²) in [6.45, 7) is 2.14. The third-order valence-corrected chi connectivity index (χ3v) is 3.69. The predicted molar refractivity (Wildman–Crippen MR) is 79.0 cm³/mol. The van der Waals surface area contributed by atoms with Gasteiger partial charge in [-0.1, -0.05) is 30.3 Å². The predicted octanol–water partition coefficient (Wildman–Crippen LogP) is 2.08. The molecule has 0 aliphatic carbocycles. The van der Waals surface area contributed by atoms with Crippen molar-refractivity contribution in [2.24, 2.45) is 0 Å². The van der Waals surface area contributed by atoms with Crippen LogP contribution < -0.4 is 10.6 Å². The molecule has 1 heterocycles. The highest BCUT2D eigenvalue weighted by Gasteiger charge is 2.21. The molecule has 1 atom stereocenters. The average Bonchev–Trinajstić information content (AvgIpc) is 2.89. The third-order valence-electron chi connectivity index (χ3n) is 2.72. The van der Waals surface area contributed by atoms with Crippen LogP contribution in [0.25, 0.3) is 0 Å². The molecule has 2 amide bonds. The number of carboxylic acid groups (broad SMARTS) is 1. The maximum atomic E-state index is 11.8. The van der Waals surface area contributed by atoms with Gasteiger partial charge in [0.05, 0.1) is 6.54 Å². The first kappa shape index (κ1) is 15.0. The highest BCUT2D eigenvalue weighted by Crippen LogP contribution is 2.12. The summed E-state index contributed by atoms with van der Waals surface area (Å²) in [5, 5.41) is 16.9. The number of nitrogens with zero attached hydrogens (tertiary/aromatic N) is 1. The van der Waals surface area contributed by atoms with E-state index in [1.165, 1.54) is 11.3 Å². The molecule has 0 saturated carbocycles. The molecule has 110 valence electrons. The van der Waals surface area contributed by atoms with Gasteiger partial charge in [0.15, 0.2) is 6.04 Å². The van der Waals surface area contributed by atoms with Crippen LogP contribution in [0.3, 0.4) is 0 Å². The molecule has 2 aromatic rings. The summed E-state index contributed by atoms with van der Waals surface area (Å²) >= 11 is 1.44. The molecule has 0 saturated heterocycles. The van der Waals surface area contributed by atoms with E-state index in [0.717, 1.165) is 10.7 Å². The quantitative estimate of drug-likeness (QED) is 0.788. The van der Waals surface area contributed by atoms with E-state index in [1.807, 2.05) is 12.3 Å². The van der Waals surface area contributed by atoms with E-state index in [1.54, 1.807) is 30.3 Å². The molecule has 1 aromatic heterocycles. The molecule has 7 heteroatoms. The molecule has 6 nitrogen and oxygen atoms in total. The fourth-order valence-corrected chi connectivity index (χ4v) is 2.47. The molecule has 0 aliphatic heterocycles. The van der Waals surface area contributed by atoms with Crippen LogP contribution in [0.5, 0.6) is 0 Å². The molecule has 1 unspecified atom stereocenters. The number of aromatic nitrogens is 1. The van der Waals surface area contributed by atoms with Crippen LogP contribution >= 0.6 is 11.3 Å². The molecule has 1 aromatic carbocycles. The first-order valence-electron chi connectivity index (χ1n) is 6.29. The van der Waals surface area contributed by atoms with E-state index in [-0.39, 0.29) is 6.54 Å². The van der Waals surface area contributed by atoms with Crippen LogP contribution in [-0.2, 0) is 11.3 Å². The summed E-state index contributed by atoms with van der Waals surface area (Å²) in [7, 11) is 0. The molecular weight excluding hydrogens is 290 g/mol. The van der Waals surface area contributed by atoms with Gasteiger partial charge in [-0.2, -0.15) is 0 Å². The molecule has 0 spiro atoms. The van der Waals surface area contributed by atoms with Crippen molar-refractivity contribution in [1.29, 1.82) is 0 Å². The zero-order chi connectivity index (χ0) is 15.2. The first-order chi connectivity index (χ1) is 10.1. The van der Waals surface area contributed by atoms with Gasteiger partial charge in [-0.05, 0) is 12.5 Å². The maximum absolute atomic E-state index is 11.8. The second kappa shape index (κ2) is 6.85. The Morgan fingerprint density at radius 2 is 2.05 bits per heavy atom. The lowest BCUT2D eigenvalue weighted by molar-refractivity contribution is -0.139. The van der Waals surface area contributed by atoms with Crippen molar-refractivity contribution < 1.29 is 14.7 Å². The Morgan fingerprint density at radius 3 is 2.62 bits per heavy atom. The Hall–Kier alpha value is -2.41. The zero-order valence-corrected chi connectivity index (χ0v) is 12.2. The first-order valence-corrected chi connectivity index (χ1v) is 7.17. The van der Waals surface area contributed by atoms with Gasteiger partial charge in [0.1, 0.15) is 5.01 Å². The van der Waals surface area contributed by atoms with Crippen molar-refractivity contribution in [1.82, 2.24) is 15.6 Å². The summed E-state index contributed by atoms with van der Waals surface area (Å²) in [6.07, 6.45) is 0. The number of urea groups is 1. The van der Waals surface area contributed by atoms with Crippen molar-refractivity contribution in [3.8, 4) is 0 Å². The molecule has 0 fully saturated rings. The van der Waals surface area contributed by atoms with Crippen molar-refractivity contribution in [2.45, 2.75) is 19.5 Å². The highest BCUT2D eigenvalue weighted by molar-refractivity contribution is 7.09. The Labute approximate surface area is 125 Å².